The SMILES string of the molecule is CCC1(C)CN(CCOC)C(CC)(CC)CN1. The smallest absolute Gasteiger partial charge is 0.0589 e. The molecule has 1 atom stereocenters. The van der Waals surface area contributed by atoms with Crippen molar-refractivity contribution in [3.63, 3.8) is 0 Å². The van der Waals surface area contributed by atoms with Crippen LogP contribution < -0.4 is 5.32 Å². The highest BCUT2D eigenvalue weighted by atomic mass is 16.5. The van der Waals surface area contributed by atoms with Crippen molar-refractivity contribution in [1.82, 2.24) is 10.2 Å². The summed E-state index contributed by atoms with van der Waals surface area (Å²) >= 11 is 0. The van der Waals surface area contributed by atoms with Gasteiger partial charge in [-0.1, -0.05) is 20.8 Å². The molecule has 0 bridgehead atoms. The van der Waals surface area contributed by atoms with E-state index in [0.717, 1.165) is 26.2 Å². The largest absolute Gasteiger partial charge is 0.383 e. The van der Waals surface area contributed by atoms with Crippen LogP contribution in [0.3, 0.4) is 0 Å². The summed E-state index contributed by atoms with van der Waals surface area (Å²) in [5.74, 6) is 0. The Bertz CT molecular complexity index is 228. The summed E-state index contributed by atoms with van der Waals surface area (Å²) < 4.78 is 5.27. The van der Waals surface area contributed by atoms with Gasteiger partial charge in [0, 0.05) is 37.8 Å². The fraction of sp³-hybridized carbons (Fsp3) is 1.00. The Morgan fingerprint density at radius 1 is 1.18 bits per heavy atom. The first-order chi connectivity index (χ1) is 8.05. The number of nitrogens with zero attached hydrogens (tertiary/aromatic N) is 1. The van der Waals surface area contributed by atoms with Gasteiger partial charge in [0.05, 0.1) is 6.61 Å². The summed E-state index contributed by atoms with van der Waals surface area (Å²) in [6.07, 6.45) is 3.60. The minimum atomic E-state index is 0.265. The Balaban J connectivity index is 2.78. The maximum absolute atomic E-state index is 5.27. The van der Waals surface area contributed by atoms with Crippen LogP contribution in [-0.4, -0.2) is 49.3 Å². The zero-order chi connectivity index (χ0) is 12.9. The summed E-state index contributed by atoms with van der Waals surface area (Å²) in [4.78, 5) is 2.65. The lowest BCUT2D eigenvalue weighted by molar-refractivity contribution is -0.0121. The Kier molecular flexibility index (Phi) is 5.42. The lowest BCUT2D eigenvalue weighted by Gasteiger charge is -2.53. The Morgan fingerprint density at radius 2 is 1.82 bits per heavy atom. The molecule has 1 N–H and O–H groups in total. The van der Waals surface area contributed by atoms with Gasteiger partial charge >= 0.3 is 0 Å². The van der Waals surface area contributed by atoms with Crippen LogP contribution in [0, 0.1) is 0 Å². The highest BCUT2D eigenvalue weighted by Crippen LogP contribution is 2.30. The van der Waals surface area contributed by atoms with E-state index in [1.165, 1.54) is 19.3 Å². The van der Waals surface area contributed by atoms with E-state index in [2.05, 4.69) is 37.9 Å². The molecule has 0 radical (unpaired) electrons. The molecule has 17 heavy (non-hydrogen) atoms. The summed E-state index contributed by atoms with van der Waals surface area (Å²) in [6.45, 7) is 13.3. The summed E-state index contributed by atoms with van der Waals surface area (Å²) in [6, 6.07) is 0. The average Bonchev–Trinajstić information content (AvgIpc) is 2.37. The number of hydrogen-bond donors (Lipinski definition) is 1. The molecule has 1 aliphatic rings. The Morgan fingerprint density at radius 3 is 2.29 bits per heavy atom. The second kappa shape index (κ2) is 6.17. The van der Waals surface area contributed by atoms with E-state index in [-0.39, 0.29) is 5.54 Å². The zero-order valence-corrected chi connectivity index (χ0v) is 12.3. The van der Waals surface area contributed by atoms with Gasteiger partial charge in [0.25, 0.3) is 0 Å². The summed E-state index contributed by atoms with van der Waals surface area (Å²) in [5.41, 5.74) is 0.592. The van der Waals surface area contributed by atoms with Crippen molar-refractivity contribution >= 4 is 0 Å². The maximum atomic E-state index is 5.27. The molecular formula is C14H30N2O. The molecule has 0 aromatic rings. The Hall–Kier alpha value is -0.120. The molecule has 3 nitrogen and oxygen atoms in total. The molecule has 1 unspecified atom stereocenters. The molecule has 1 fully saturated rings. The molecule has 102 valence electrons. The number of ether oxygens (including phenoxy) is 1. The second-order valence-electron chi connectivity index (χ2n) is 5.61. The molecule has 0 aliphatic carbocycles. The van der Waals surface area contributed by atoms with Gasteiger partial charge in [0.15, 0.2) is 0 Å². The first kappa shape index (κ1) is 14.9. The van der Waals surface area contributed by atoms with Crippen LogP contribution in [-0.2, 0) is 4.74 Å². The van der Waals surface area contributed by atoms with Crippen molar-refractivity contribution in [2.75, 3.05) is 33.4 Å². The zero-order valence-electron chi connectivity index (χ0n) is 12.3. The van der Waals surface area contributed by atoms with Gasteiger partial charge in [0.1, 0.15) is 0 Å². The van der Waals surface area contributed by atoms with Crippen molar-refractivity contribution < 1.29 is 4.74 Å². The van der Waals surface area contributed by atoms with Crippen LogP contribution in [0.2, 0.25) is 0 Å². The normalized spacial score (nSPS) is 29.5. The van der Waals surface area contributed by atoms with Gasteiger partial charge in [-0.15, -0.1) is 0 Å². The minimum Gasteiger partial charge on any atom is -0.383 e. The minimum absolute atomic E-state index is 0.265. The number of hydrogen-bond acceptors (Lipinski definition) is 3. The van der Waals surface area contributed by atoms with Gasteiger partial charge < -0.3 is 10.1 Å². The fourth-order valence-corrected chi connectivity index (χ4v) is 2.84. The van der Waals surface area contributed by atoms with Gasteiger partial charge in [0.2, 0.25) is 0 Å². The molecule has 0 spiro atoms. The van der Waals surface area contributed by atoms with E-state index >= 15 is 0 Å². The number of nitrogens with one attached hydrogen (secondary N) is 1. The Labute approximate surface area is 107 Å². The van der Waals surface area contributed by atoms with Gasteiger partial charge in [-0.25, -0.2) is 0 Å². The van der Waals surface area contributed by atoms with E-state index < -0.39 is 0 Å². The monoisotopic (exact) mass is 242 g/mol. The molecule has 1 rings (SSSR count). The van der Waals surface area contributed by atoms with E-state index in [1.807, 2.05) is 0 Å². The van der Waals surface area contributed by atoms with Crippen LogP contribution in [0.25, 0.3) is 0 Å². The third kappa shape index (κ3) is 3.21. The summed E-state index contributed by atoms with van der Waals surface area (Å²) in [5, 5.41) is 3.76. The van der Waals surface area contributed by atoms with Gasteiger partial charge in [-0.3, -0.25) is 4.90 Å². The van der Waals surface area contributed by atoms with E-state index in [0.29, 0.717) is 5.54 Å². The number of methoxy groups -OCH3 is 1. The fourth-order valence-electron chi connectivity index (χ4n) is 2.84. The predicted molar refractivity (Wildman–Crippen MR) is 73.5 cm³/mol. The van der Waals surface area contributed by atoms with E-state index in [4.69, 9.17) is 4.74 Å². The molecule has 0 saturated carbocycles. The topological polar surface area (TPSA) is 24.5 Å². The predicted octanol–water partition coefficient (Wildman–Crippen LogP) is 2.27. The lowest BCUT2D eigenvalue weighted by atomic mass is 9.82. The van der Waals surface area contributed by atoms with Crippen molar-refractivity contribution in [3.8, 4) is 0 Å². The van der Waals surface area contributed by atoms with Crippen molar-refractivity contribution in [2.45, 2.75) is 58.0 Å². The number of piperazine rings is 1. The van der Waals surface area contributed by atoms with Crippen LogP contribution in [0.1, 0.15) is 47.0 Å². The molecule has 1 heterocycles. The highest BCUT2D eigenvalue weighted by Gasteiger charge is 2.42. The van der Waals surface area contributed by atoms with Crippen molar-refractivity contribution in [2.24, 2.45) is 0 Å². The molecule has 3 heteroatoms. The summed E-state index contributed by atoms with van der Waals surface area (Å²) in [7, 11) is 1.79. The lowest BCUT2D eigenvalue weighted by Crippen LogP contribution is -2.69. The third-order valence-electron chi connectivity index (χ3n) is 4.72. The molecule has 1 aliphatic heterocycles. The highest BCUT2D eigenvalue weighted by molar-refractivity contribution is 5.02. The van der Waals surface area contributed by atoms with E-state index in [9.17, 15) is 0 Å². The first-order valence-corrected chi connectivity index (χ1v) is 7.05. The quantitative estimate of drug-likeness (QED) is 0.773. The van der Waals surface area contributed by atoms with Gasteiger partial charge in [-0.2, -0.15) is 0 Å². The van der Waals surface area contributed by atoms with Crippen LogP contribution in [0.4, 0.5) is 0 Å². The second-order valence-corrected chi connectivity index (χ2v) is 5.61. The van der Waals surface area contributed by atoms with Crippen LogP contribution in [0.15, 0.2) is 0 Å². The molecular weight excluding hydrogens is 212 g/mol. The third-order valence-corrected chi connectivity index (χ3v) is 4.72. The molecule has 1 saturated heterocycles. The standard InChI is InChI=1S/C14H30N2O/c1-6-13(4)12-16(9-10-17-5)14(7-2,8-3)11-15-13/h15H,6-12H2,1-5H3. The maximum Gasteiger partial charge on any atom is 0.0589 e. The molecule has 0 amide bonds. The van der Waals surface area contributed by atoms with Crippen molar-refractivity contribution in [1.29, 1.82) is 0 Å². The van der Waals surface area contributed by atoms with Gasteiger partial charge in [-0.05, 0) is 26.2 Å². The molecule has 0 aromatic heterocycles. The average molecular weight is 242 g/mol. The van der Waals surface area contributed by atoms with Crippen LogP contribution >= 0.6 is 0 Å². The van der Waals surface area contributed by atoms with Crippen LogP contribution in [0.5, 0.6) is 0 Å². The first-order valence-electron chi connectivity index (χ1n) is 7.05. The number of rotatable bonds is 6. The molecule has 0 aromatic carbocycles. The van der Waals surface area contributed by atoms with E-state index in [1.54, 1.807) is 7.11 Å². The van der Waals surface area contributed by atoms with Crippen molar-refractivity contribution in [3.05, 3.63) is 0 Å².